The normalized spacial score (nSPS) is 19.8. The van der Waals surface area contributed by atoms with Gasteiger partial charge in [0.05, 0.1) is 0 Å². The molecule has 2 aliphatic carbocycles. The van der Waals surface area contributed by atoms with E-state index in [-0.39, 0.29) is 0 Å². The van der Waals surface area contributed by atoms with Gasteiger partial charge in [0.1, 0.15) is 11.5 Å². The van der Waals surface area contributed by atoms with Crippen molar-refractivity contribution >= 4 is 11.4 Å². The summed E-state index contributed by atoms with van der Waals surface area (Å²) in [6.45, 7) is 3.18. The smallest absolute Gasteiger partial charge is 0.161 e. The molecule has 4 aliphatic rings. The first-order valence-corrected chi connectivity index (χ1v) is 12.0. The Morgan fingerprint density at radius 1 is 0.606 bits per heavy atom. The number of nitrogens with zero attached hydrogens (tertiary/aromatic N) is 2. The zero-order valence-electron chi connectivity index (χ0n) is 19.0. The summed E-state index contributed by atoms with van der Waals surface area (Å²) < 4.78 is 11.9. The Morgan fingerprint density at radius 2 is 1.06 bits per heavy atom. The highest BCUT2D eigenvalue weighted by atomic mass is 16.5. The van der Waals surface area contributed by atoms with Crippen LogP contribution in [0.2, 0.25) is 0 Å². The second-order valence-electron chi connectivity index (χ2n) is 9.27. The van der Waals surface area contributed by atoms with Crippen LogP contribution in [0, 0.1) is 0 Å². The van der Waals surface area contributed by atoms with Gasteiger partial charge in [-0.05, 0) is 90.8 Å². The fourth-order valence-electron chi connectivity index (χ4n) is 5.06. The molecule has 2 aliphatic heterocycles. The molecule has 168 valence electrons. The highest BCUT2D eigenvalue weighted by Crippen LogP contribution is 2.30. The molecule has 0 radical (unpaired) electrons. The van der Waals surface area contributed by atoms with Crippen LogP contribution in [0.15, 0.2) is 95.5 Å². The summed E-state index contributed by atoms with van der Waals surface area (Å²) in [5, 5.41) is 0. The van der Waals surface area contributed by atoms with Gasteiger partial charge in [-0.2, -0.15) is 0 Å². The predicted octanol–water partition coefficient (Wildman–Crippen LogP) is 6.07. The fourth-order valence-corrected chi connectivity index (χ4v) is 5.06. The lowest BCUT2D eigenvalue weighted by Crippen LogP contribution is -2.33. The SMILES string of the molecule is C1=CC2=C(CC1)CN(c1ccc(Cc3ccc(N4COC5=C(CCC=C5)C4)cc3)cc1)CO2. The van der Waals surface area contributed by atoms with Crippen LogP contribution >= 0.6 is 0 Å². The van der Waals surface area contributed by atoms with Crippen molar-refractivity contribution in [1.29, 1.82) is 0 Å². The Hall–Kier alpha value is -3.40. The average molecular weight is 439 g/mol. The van der Waals surface area contributed by atoms with Gasteiger partial charge in [0.15, 0.2) is 13.5 Å². The van der Waals surface area contributed by atoms with E-state index in [1.54, 1.807) is 0 Å². The van der Waals surface area contributed by atoms with E-state index in [4.69, 9.17) is 9.47 Å². The first kappa shape index (κ1) is 20.2. The molecule has 0 bridgehead atoms. The van der Waals surface area contributed by atoms with Gasteiger partial charge in [0.25, 0.3) is 0 Å². The lowest BCUT2D eigenvalue weighted by Gasteiger charge is -2.33. The Kier molecular flexibility index (Phi) is 5.43. The lowest BCUT2D eigenvalue weighted by molar-refractivity contribution is 0.203. The Labute approximate surface area is 196 Å². The second kappa shape index (κ2) is 8.86. The molecule has 0 fully saturated rings. The molecule has 33 heavy (non-hydrogen) atoms. The summed E-state index contributed by atoms with van der Waals surface area (Å²) in [6, 6.07) is 17.9. The standard InChI is InChI=1S/C29H30N2O2/c1-3-7-28-24(5-1)18-30(20-32-28)26-13-9-22(10-14-26)17-23-11-15-27(16-12-23)31-19-25-6-2-4-8-29(25)33-21-31/h3-4,7-16H,1-2,5-6,17-21H2. The van der Waals surface area contributed by atoms with E-state index >= 15 is 0 Å². The monoisotopic (exact) mass is 438 g/mol. The van der Waals surface area contributed by atoms with E-state index in [2.05, 4.69) is 82.6 Å². The van der Waals surface area contributed by atoms with Gasteiger partial charge in [-0.15, -0.1) is 0 Å². The minimum absolute atomic E-state index is 0.624. The first-order chi connectivity index (χ1) is 16.3. The van der Waals surface area contributed by atoms with Crippen LogP contribution in [0.1, 0.15) is 36.8 Å². The highest BCUT2D eigenvalue weighted by molar-refractivity contribution is 5.53. The molecule has 6 rings (SSSR count). The van der Waals surface area contributed by atoms with Crippen molar-refractivity contribution in [2.75, 3.05) is 36.4 Å². The third kappa shape index (κ3) is 4.30. The number of ether oxygens (including phenoxy) is 2. The van der Waals surface area contributed by atoms with Crippen LogP contribution in [0.25, 0.3) is 0 Å². The van der Waals surface area contributed by atoms with Crippen LogP contribution in [0.4, 0.5) is 11.4 Å². The van der Waals surface area contributed by atoms with E-state index in [1.807, 2.05) is 0 Å². The second-order valence-corrected chi connectivity index (χ2v) is 9.27. The Morgan fingerprint density at radius 3 is 1.52 bits per heavy atom. The molecule has 0 saturated heterocycles. The third-order valence-electron chi connectivity index (χ3n) is 6.99. The van der Waals surface area contributed by atoms with Crippen molar-refractivity contribution in [2.24, 2.45) is 0 Å². The highest BCUT2D eigenvalue weighted by Gasteiger charge is 2.21. The average Bonchev–Trinajstić information content (AvgIpc) is 2.89. The third-order valence-corrected chi connectivity index (χ3v) is 6.99. The minimum atomic E-state index is 0.624. The van der Waals surface area contributed by atoms with E-state index in [0.717, 1.165) is 56.7 Å². The lowest BCUT2D eigenvalue weighted by atomic mass is 10.0. The van der Waals surface area contributed by atoms with Crippen molar-refractivity contribution in [2.45, 2.75) is 32.1 Å². The largest absolute Gasteiger partial charge is 0.473 e. The number of benzene rings is 2. The van der Waals surface area contributed by atoms with Gasteiger partial charge in [0, 0.05) is 24.5 Å². The molecule has 0 N–H and O–H groups in total. The van der Waals surface area contributed by atoms with Crippen molar-refractivity contribution < 1.29 is 9.47 Å². The van der Waals surface area contributed by atoms with E-state index in [9.17, 15) is 0 Å². The molecule has 0 spiro atoms. The molecule has 0 amide bonds. The van der Waals surface area contributed by atoms with Crippen molar-refractivity contribution in [3.63, 3.8) is 0 Å². The molecule has 2 aromatic rings. The quantitative estimate of drug-likeness (QED) is 0.578. The number of rotatable bonds is 4. The molecule has 0 unspecified atom stereocenters. The first-order valence-electron chi connectivity index (χ1n) is 12.0. The van der Waals surface area contributed by atoms with E-state index in [1.165, 1.54) is 33.6 Å². The number of hydrogen-bond donors (Lipinski definition) is 0. The maximum atomic E-state index is 5.97. The molecule has 4 nitrogen and oxygen atoms in total. The molecule has 0 atom stereocenters. The fraction of sp³-hybridized carbons (Fsp3) is 0.310. The van der Waals surface area contributed by atoms with Crippen LogP contribution in [0.5, 0.6) is 0 Å². The van der Waals surface area contributed by atoms with Gasteiger partial charge >= 0.3 is 0 Å². The number of hydrogen-bond acceptors (Lipinski definition) is 4. The summed E-state index contributed by atoms with van der Waals surface area (Å²) in [6.07, 6.45) is 14.1. The summed E-state index contributed by atoms with van der Waals surface area (Å²) in [5.74, 6) is 2.17. The van der Waals surface area contributed by atoms with Crippen molar-refractivity contribution in [1.82, 2.24) is 0 Å². The van der Waals surface area contributed by atoms with E-state index < -0.39 is 0 Å². The van der Waals surface area contributed by atoms with Gasteiger partial charge in [-0.25, -0.2) is 0 Å². The maximum Gasteiger partial charge on any atom is 0.161 e. The molecule has 2 aromatic carbocycles. The zero-order chi connectivity index (χ0) is 22.0. The molecular formula is C29H30N2O2. The summed E-state index contributed by atoms with van der Waals surface area (Å²) in [5.41, 5.74) is 7.95. The number of allylic oxidation sites excluding steroid dienone is 4. The van der Waals surface area contributed by atoms with Crippen LogP contribution in [-0.4, -0.2) is 26.6 Å². The van der Waals surface area contributed by atoms with Crippen LogP contribution in [-0.2, 0) is 15.9 Å². The Balaban J connectivity index is 1.08. The van der Waals surface area contributed by atoms with Gasteiger partial charge < -0.3 is 19.3 Å². The minimum Gasteiger partial charge on any atom is -0.473 e. The molecule has 4 heteroatoms. The van der Waals surface area contributed by atoms with Gasteiger partial charge in [0.2, 0.25) is 0 Å². The summed E-state index contributed by atoms with van der Waals surface area (Å²) in [4.78, 5) is 4.64. The van der Waals surface area contributed by atoms with Gasteiger partial charge in [-0.3, -0.25) is 0 Å². The molecule has 0 saturated carbocycles. The maximum absolute atomic E-state index is 5.97. The number of anilines is 2. The summed E-state index contributed by atoms with van der Waals surface area (Å²) in [7, 11) is 0. The predicted molar refractivity (Wildman–Crippen MR) is 133 cm³/mol. The topological polar surface area (TPSA) is 24.9 Å². The molecule has 0 aromatic heterocycles. The summed E-state index contributed by atoms with van der Waals surface area (Å²) >= 11 is 0. The van der Waals surface area contributed by atoms with E-state index in [0.29, 0.717) is 13.5 Å². The molecule has 2 heterocycles. The van der Waals surface area contributed by atoms with Crippen LogP contribution < -0.4 is 9.80 Å². The van der Waals surface area contributed by atoms with Crippen molar-refractivity contribution in [3.05, 3.63) is 107 Å². The Bertz CT molecular complexity index is 1050. The molecular weight excluding hydrogens is 408 g/mol. The van der Waals surface area contributed by atoms with Gasteiger partial charge in [-0.1, -0.05) is 36.4 Å². The zero-order valence-corrected chi connectivity index (χ0v) is 19.0. The van der Waals surface area contributed by atoms with Crippen molar-refractivity contribution in [3.8, 4) is 0 Å². The van der Waals surface area contributed by atoms with Crippen LogP contribution in [0.3, 0.4) is 0 Å².